The number of ether oxygens (including phenoxy) is 1. The number of esters is 1. The summed E-state index contributed by atoms with van der Waals surface area (Å²) in [5.41, 5.74) is 0. The fourth-order valence-electron chi connectivity index (χ4n) is 1.15. The molecule has 0 aliphatic heterocycles. The second-order valence-corrected chi connectivity index (χ2v) is 4.27. The van der Waals surface area contributed by atoms with Crippen LogP contribution < -0.4 is 5.32 Å². The monoisotopic (exact) mass is 272 g/mol. The topological polar surface area (TPSA) is 98.5 Å². The van der Waals surface area contributed by atoms with Crippen LogP contribution in [0.15, 0.2) is 12.1 Å². The molecule has 0 spiro atoms. The van der Waals surface area contributed by atoms with Crippen molar-refractivity contribution >= 4 is 28.2 Å². The third kappa shape index (κ3) is 4.13. The van der Waals surface area contributed by atoms with E-state index in [4.69, 9.17) is 0 Å². The zero-order valence-corrected chi connectivity index (χ0v) is 10.5. The highest BCUT2D eigenvalue weighted by Gasteiger charge is 2.15. The van der Waals surface area contributed by atoms with Crippen LogP contribution in [0.5, 0.6) is 0 Å². The van der Waals surface area contributed by atoms with Gasteiger partial charge in [0.1, 0.15) is 0 Å². The summed E-state index contributed by atoms with van der Waals surface area (Å²) in [5, 5.41) is 12.8. The summed E-state index contributed by atoms with van der Waals surface area (Å²) in [6, 6.07) is 2.65. The maximum absolute atomic E-state index is 11.5. The van der Waals surface area contributed by atoms with E-state index in [0.717, 1.165) is 11.3 Å². The molecule has 8 heteroatoms. The van der Waals surface area contributed by atoms with Gasteiger partial charge in [-0.2, -0.15) is 0 Å². The van der Waals surface area contributed by atoms with Crippen molar-refractivity contribution in [1.29, 1.82) is 0 Å². The summed E-state index contributed by atoms with van der Waals surface area (Å²) in [6.45, 7) is 2.13. The van der Waals surface area contributed by atoms with E-state index in [2.05, 4.69) is 10.1 Å². The molecule has 0 saturated heterocycles. The third-order valence-corrected chi connectivity index (χ3v) is 2.95. The molecule has 7 nitrogen and oxygen atoms in total. The quantitative estimate of drug-likeness (QED) is 0.478. The van der Waals surface area contributed by atoms with Gasteiger partial charge >= 0.3 is 11.0 Å². The highest BCUT2D eigenvalue weighted by Crippen LogP contribution is 2.23. The Morgan fingerprint density at radius 1 is 1.50 bits per heavy atom. The average molecular weight is 272 g/mol. The minimum atomic E-state index is -0.555. The Kier molecular flexibility index (Phi) is 5.25. The van der Waals surface area contributed by atoms with Crippen LogP contribution in [0.1, 0.15) is 23.0 Å². The van der Waals surface area contributed by atoms with E-state index in [1.54, 1.807) is 6.92 Å². The molecule has 1 aromatic rings. The van der Waals surface area contributed by atoms with Crippen LogP contribution in [0, 0.1) is 10.1 Å². The molecule has 0 aliphatic rings. The largest absolute Gasteiger partial charge is 0.466 e. The maximum atomic E-state index is 11.5. The van der Waals surface area contributed by atoms with E-state index in [1.807, 2.05) is 0 Å². The van der Waals surface area contributed by atoms with Gasteiger partial charge < -0.3 is 10.1 Å². The van der Waals surface area contributed by atoms with Gasteiger partial charge in [-0.1, -0.05) is 11.3 Å². The Labute approximate surface area is 107 Å². The molecular weight excluding hydrogens is 260 g/mol. The second kappa shape index (κ2) is 6.70. The standard InChI is InChI=1S/C10H12N2O5S/c1-2-17-9(13)5-6-11-10(14)7-3-4-8(18-7)12(15)16/h3-4H,2,5-6H2,1H3,(H,11,14). The van der Waals surface area contributed by atoms with Gasteiger partial charge in [-0.3, -0.25) is 19.7 Å². The lowest BCUT2D eigenvalue weighted by Crippen LogP contribution is -2.25. The maximum Gasteiger partial charge on any atom is 0.324 e. The van der Waals surface area contributed by atoms with Crippen molar-refractivity contribution in [2.75, 3.05) is 13.2 Å². The first-order valence-electron chi connectivity index (χ1n) is 5.22. The van der Waals surface area contributed by atoms with Crippen molar-refractivity contribution in [3.8, 4) is 0 Å². The van der Waals surface area contributed by atoms with E-state index >= 15 is 0 Å². The average Bonchev–Trinajstić information content (AvgIpc) is 2.78. The number of nitrogens with zero attached hydrogens (tertiary/aromatic N) is 1. The molecule has 18 heavy (non-hydrogen) atoms. The Morgan fingerprint density at radius 2 is 2.22 bits per heavy atom. The number of carbonyl (C=O) groups excluding carboxylic acids is 2. The number of hydrogen-bond acceptors (Lipinski definition) is 6. The first-order chi connectivity index (χ1) is 8.54. The molecule has 0 fully saturated rings. The molecule has 1 N–H and O–H groups in total. The van der Waals surface area contributed by atoms with Gasteiger partial charge in [0.2, 0.25) is 0 Å². The highest BCUT2D eigenvalue weighted by atomic mass is 32.1. The molecule has 1 aromatic heterocycles. The van der Waals surface area contributed by atoms with Crippen LogP contribution in [0.4, 0.5) is 5.00 Å². The molecule has 98 valence electrons. The molecule has 1 rings (SSSR count). The van der Waals surface area contributed by atoms with Crippen molar-refractivity contribution in [2.24, 2.45) is 0 Å². The van der Waals surface area contributed by atoms with Crippen LogP contribution in [0.25, 0.3) is 0 Å². The van der Waals surface area contributed by atoms with Crippen molar-refractivity contribution in [2.45, 2.75) is 13.3 Å². The van der Waals surface area contributed by atoms with Gasteiger partial charge in [0.15, 0.2) is 0 Å². The number of carbonyl (C=O) groups is 2. The normalized spacial score (nSPS) is 9.83. The predicted octanol–water partition coefficient (Wildman–Crippen LogP) is 1.34. The lowest BCUT2D eigenvalue weighted by atomic mass is 10.4. The Balaban J connectivity index is 2.40. The number of nitrogens with one attached hydrogen (secondary N) is 1. The van der Waals surface area contributed by atoms with E-state index in [1.165, 1.54) is 12.1 Å². The van der Waals surface area contributed by atoms with E-state index < -0.39 is 16.8 Å². The summed E-state index contributed by atoms with van der Waals surface area (Å²) in [7, 11) is 0. The Hall–Kier alpha value is -1.96. The minimum Gasteiger partial charge on any atom is -0.466 e. The summed E-state index contributed by atoms with van der Waals surface area (Å²) >= 11 is 0.791. The molecule has 1 heterocycles. The molecule has 0 aliphatic carbocycles. The van der Waals surface area contributed by atoms with Crippen LogP contribution in [-0.2, 0) is 9.53 Å². The van der Waals surface area contributed by atoms with E-state index in [0.29, 0.717) is 6.61 Å². The smallest absolute Gasteiger partial charge is 0.324 e. The molecule has 0 aromatic carbocycles. The molecule has 0 unspecified atom stereocenters. The summed E-state index contributed by atoms with van der Waals surface area (Å²) in [5.74, 6) is -0.827. The van der Waals surface area contributed by atoms with Crippen molar-refractivity contribution in [3.63, 3.8) is 0 Å². The zero-order valence-electron chi connectivity index (χ0n) is 9.67. The number of amides is 1. The fraction of sp³-hybridized carbons (Fsp3) is 0.400. The number of rotatable bonds is 6. The van der Waals surface area contributed by atoms with Gasteiger partial charge in [-0.25, -0.2) is 0 Å². The molecule has 1 amide bonds. The van der Waals surface area contributed by atoms with Gasteiger partial charge in [0.25, 0.3) is 5.91 Å². The molecule has 0 radical (unpaired) electrons. The predicted molar refractivity (Wildman–Crippen MR) is 64.6 cm³/mol. The summed E-state index contributed by atoms with van der Waals surface area (Å²) in [4.78, 5) is 32.7. The van der Waals surface area contributed by atoms with E-state index in [9.17, 15) is 19.7 Å². The number of thiophene rings is 1. The van der Waals surface area contributed by atoms with Crippen molar-refractivity contribution in [3.05, 3.63) is 27.1 Å². The summed E-state index contributed by atoms with van der Waals surface area (Å²) < 4.78 is 4.69. The molecule has 0 atom stereocenters. The first kappa shape index (κ1) is 14.1. The van der Waals surface area contributed by atoms with Gasteiger partial charge in [0.05, 0.1) is 22.8 Å². The van der Waals surface area contributed by atoms with Gasteiger partial charge in [0, 0.05) is 12.6 Å². The zero-order chi connectivity index (χ0) is 13.5. The van der Waals surface area contributed by atoms with Crippen molar-refractivity contribution < 1.29 is 19.2 Å². The third-order valence-electron chi connectivity index (χ3n) is 1.92. The molecule has 0 saturated carbocycles. The van der Waals surface area contributed by atoms with Gasteiger partial charge in [-0.15, -0.1) is 0 Å². The SMILES string of the molecule is CCOC(=O)CCNC(=O)c1ccc([N+](=O)[O-])s1. The second-order valence-electron chi connectivity index (χ2n) is 3.21. The van der Waals surface area contributed by atoms with Crippen molar-refractivity contribution in [1.82, 2.24) is 5.32 Å². The van der Waals surface area contributed by atoms with Crippen LogP contribution in [0.3, 0.4) is 0 Å². The highest BCUT2D eigenvalue weighted by molar-refractivity contribution is 7.17. The Morgan fingerprint density at radius 3 is 2.78 bits per heavy atom. The molecule has 0 bridgehead atoms. The number of nitro groups is 1. The lowest BCUT2D eigenvalue weighted by molar-refractivity contribution is -0.380. The number of hydrogen-bond donors (Lipinski definition) is 1. The Bertz CT molecular complexity index is 457. The van der Waals surface area contributed by atoms with E-state index in [-0.39, 0.29) is 22.8 Å². The van der Waals surface area contributed by atoms with Crippen LogP contribution >= 0.6 is 11.3 Å². The van der Waals surface area contributed by atoms with Crippen LogP contribution in [0.2, 0.25) is 0 Å². The van der Waals surface area contributed by atoms with Crippen LogP contribution in [-0.4, -0.2) is 30.0 Å². The first-order valence-corrected chi connectivity index (χ1v) is 6.04. The fourth-order valence-corrected chi connectivity index (χ4v) is 1.88. The van der Waals surface area contributed by atoms with Gasteiger partial charge in [-0.05, 0) is 13.0 Å². The molecular formula is C10H12N2O5S. The summed E-state index contributed by atoms with van der Waals surface area (Å²) in [6.07, 6.45) is 0.0764. The lowest BCUT2D eigenvalue weighted by Gasteiger charge is -2.03. The minimum absolute atomic E-state index is 0.0764.